The average molecular weight is 386 g/mol. The predicted octanol–water partition coefficient (Wildman–Crippen LogP) is 0.435. The van der Waals surface area contributed by atoms with Crippen LogP contribution in [0.5, 0.6) is 0 Å². The summed E-state index contributed by atoms with van der Waals surface area (Å²) in [5.41, 5.74) is 0.626. The number of amides is 2. The van der Waals surface area contributed by atoms with Crippen molar-refractivity contribution >= 4 is 21.7 Å². The highest BCUT2D eigenvalue weighted by Gasteiger charge is 2.28. The number of nitrogens with zero attached hydrogens (tertiary/aromatic N) is 2. The van der Waals surface area contributed by atoms with Crippen molar-refractivity contribution in [2.24, 2.45) is 0 Å². The maximum atomic E-state index is 12.5. The molecule has 0 saturated carbocycles. The van der Waals surface area contributed by atoms with Gasteiger partial charge in [-0.25, -0.2) is 8.42 Å². The fraction of sp³-hybridized carbons (Fsp3) is 0.222. The molecular weight excluding hydrogens is 368 g/mol. The number of pyridine rings is 1. The smallest absolute Gasteiger partial charge is 0.251 e. The molecule has 2 aromatic rings. The van der Waals surface area contributed by atoms with Crippen LogP contribution in [0.3, 0.4) is 0 Å². The van der Waals surface area contributed by atoms with Crippen LogP contribution >= 0.6 is 0 Å². The fourth-order valence-corrected chi connectivity index (χ4v) is 3.77. The van der Waals surface area contributed by atoms with Crippen LogP contribution in [0.15, 0.2) is 54.7 Å². The van der Waals surface area contributed by atoms with Crippen molar-refractivity contribution in [3.63, 3.8) is 0 Å². The Bertz CT molecular complexity index is 925. The second kappa shape index (κ2) is 9.45. The molecule has 27 heavy (non-hydrogen) atoms. The average Bonchev–Trinajstić information content (AvgIpc) is 2.66. The number of hydrogen-bond donors (Lipinski definition) is 2. The Hall–Kier alpha value is -3.25. The second-order valence-corrected chi connectivity index (χ2v) is 7.75. The monoisotopic (exact) mass is 386 g/mol. The summed E-state index contributed by atoms with van der Waals surface area (Å²) in [7, 11) is -3.75. The van der Waals surface area contributed by atoms with Crippen LogP contribution in [0.2, 0.25) is 0 Å². The van der Waals surface area contributed by atoms with Crippen molar-refractivity contribution in [1.82, 2.24) is 15.6 Å². The zero-order chi connectivity index (χ0) is 19.7. The Morgan fingerprint density at radius 1 is 1.11 bits per heavy atom. The highest BCUT2D eigenvalue weighted by atomic mass is 32.2. The van der Waals surface area contributed by atoms with Crippen LogP contribution in [0, 0.1) is 11.3 Å². The third-order valence-electron chi connectivity index (χ3n) is 3.51. The lowest BCUT2D eigenvalue weighted by Gasteiger charge is -2.18. The van der Waals surface area contributed by atoms with Crippen LogP contribution in [-0.2, 0) is 20.4 Å². The summed E-state index contributed by atoms with van der Waals surface area (Å²) >= 11 is 0. The first-order chi connectivity index (χ1) is 12.9. The van der Waals surface area contributed by atoms with E-state index in [1.54, 1.807) is 54.6 Å². The normalized spacial score (nSPS) is 11.8. The summed E-state index contributed by atoms with van der Waals surface area (Å²) < 4.78 is 24.9. The summed E-state index contributed by atoms with van der Waals surface area (Å²) in [5.74, 6) is -2.30. The SMILES string of the molecule is N#CCNC(=O)[C@H](CS(=O)(=O)Cc1ccccn1)NC(=O)c1ccccc1. The lowest BCUT2D eigenvalue weighted by Crippen LogP contribution is -2.50. The minimum absolute atomic E-state index is 0.290. The van der Waals surface area contributed by atoms with E-state index < -0.39 is 33.4 Å². The van der Waals surface area contributed by atoms with E-state index >= 15 is 0 Å². The quantitative estimate of drug-likeness (QED) is 0.633. The van der Waals surface area contributed by atoms with E-state index in [0.29, 0.717) is 5.69 Å². The van der Waals surface area contributed by atoms with E-state index in [-0.39, 0.29) is 17.9 Å². The maximum Gasteiger partial charge on any atom is 0.251 e. The molecular formula is C18H18N4O4S. The van der Waals surface area contributed by atoms with Crippen molar-refractivity contribution in [1.29, 1.82) is 5.26 Å². The van der Waals surface area contributed by atoms with E-state index in [4.69, 9.17) is 5.26 Å². The van der Waals surface area contributed by atoms with Gasteiger partial charge in [0.2, 0.25) is 5.91 Å². The molecule has 0 spiro atoms. The number of carbonyl (C=O) groups excluding carboxylic acids is 2. The third kappa shape index (κ3) is 6.52. The molecule has 1 aromatic heterocycles. The summed E-state index contributed by atoms with van der Waals surface area (Å²) in [6.07, 6.45) is 1.47. The van der Waals surface area contributed by atoms with Gasteiger partial charge in [0.05, 0.1) is 23.3 Å². The number of aromatic nitrogens is 1. The Morgan fingerprint density at radius 2 is 1.81 bits per heavy atom. The molecule has 0 fully saturated rings. The lowest BCUT2D eigenvalue weighted by molar-refractivity contribution is -0.122. The van der Waals surface area contributed by atoms with Crippen molar-refractivity contribution in [3.8, 4) is 6.07 Å². The number of nitriles is 1. The third-order valence-corrected chi connectivity index (χ3v) is 5.09. The van der Waals surface area contributed by atoms with Crippen LogP contribution < -0.4 is 10.6 Å². The van der Waals surface area contributed by atoms with Crippen molar-refractivity contribution in [2.75, 3.05) is 12.3 Å². The van der Waals surface area contributed by atoms with Crippen LogP contribution in [0.4, 0.5) is 0 Å². The van der Waals surface area contributed by atoms with Crippen LogP contribution in [0.25, 0.3) is 0 Å². The van der Waals surface area contributed by atoms with E-state index in [9.17, 15) is 18.0 Å². The number of nitrogens with one attached hydrogen (secondary N) is 2. The summed E-state index contributed by atoms with van der Waals surface area (Å²) in [5, 5.41) is 13.3. The van der Waals surface area contributed by atoms with Gasteiger partial charge in [-0.2, -0.15) is 5.26 Å². The van der Waals surface area contributed by atoms with Gasteiger partial charge in [0.1, 0.15) is 12.6 Å². The minimum atomic E-state index is -3.75. The molecule has 0 saturated heterocycles. The first kappa shape index (κ1) is 20.1. The van der Waals surface area contributed by atoms with Gasteiger partial charge < -0.3 is 10.6 Å². The molecule has 0 aliphatic heterocycles. The molecule has 1 aromatic carbocycles. The molecule has 8 nitrogen and oxygen atoms in total. The molecule has 2 N–H and O–H groups in total. The largest absolute Gasteiger partial charge is 0.341 e. The molecule has 2 rings (SSSR count). The Labute approximate surface area is 157 Å². The Kier molecular flexibility index (Phi) is 7.02. The van der Waals surface area contributed by atoms with Gasteiger partial charge in [0.15, 0.2) is 9.84 Å². The summed E-state index contributed by atoms with van der Waals surface area (Å²) in [4.78, 5) is 28.5. The zero-order valence-corrected chi connectivity index (χ0v) is 15.1. The van der Waals surface area contributed by atoms with E-state index in [1.807, 2.05) is 0 Å². The van der Waals surface area contributed by atoms with Gasteiger partial charge in [-0.05, 0) is 24.3 Å². The van der Waals surface area contributed by atoms with Crippen molar-refractivity contribution < 1.29 is 18.0 Å². The summed E-state index contributed by atoms with van der Waals surface area (Å²) in [6.45, 7) is -0.295. The molecule has 140 valence electrons. The lowest BCUT2D eigenvalue weighted by atomic mass is 10.2. The zero-order valence-electron chi connectivity index (χ0n) is 14.3. The van der Waals surface area contributed by atoms with Gasteiger partial charge in [0, 0.05) is 11.8 Å². The van der Waals surface area contributed by atoms with Crippen LogP contribution in [0.1, 0.15) is 16.1 Å². The van der Waals surface area contributed by atoms with Crippen LogP contribution in [-0.4, -0.2) is 43.6 Å². The topological polar surface area (TPSA) is 129 Å². The molecule has 2 amide bonds. The molecule has 1 atom stereocenters. The number of carbonyl (C=O) groups is 2. The number of benzene rings is 1. The number of rotatable bonds is 8. The first-order valence-electron chi connectivity index (χ1n) is 8.02. The first-order valence-corrected chi connectivity index (χ1v) is 9.84. The maximum absolute atomic E-state index is 12.5. The standard InChI is InChI=1S/C18H18N4O4S/c19-9-11-21-18(24)16(22-17(23)14-6-2-1-3-7-14)13-27(25,26)12-15-8-4-5-10-20-15/h1-8,10,16H,11-13H2,(H,21,24)(H,22,23)/t16-/m0/s1. The predicted molar refractivity (Wildman–Crippen MR) is 98.0 cm³/mol. The molecule has 0 aliphatic carbocycles. The molecule has 1 heterocycles. The molecule has 0 bridgehead atoms. The van der Waals surface area contributed by atoms with E-state index in [2.05, 4.69) is 15.6 Å². The molecule has 0 aliphatic rings. The number of hydrogen-bond acceptors (Lipinski definition) is 6. The van der Waals surface area contributed by atoms with Crippen molar-refractivity contribution in [3.05, 3.63) is 66.0 Å². The summed E-state index contributed by atoms with van der Waals surface area (Å²) in [6, 6.07) is 13.4. The highest BCUT2D eigenvalue weighted by molar-refractivity contribution is 7.90. The molecule has 9 heteroatoms. The van der Waals surface area contributed by atoms with Gasteiger partial charge in [-0.3, -0.25) is 14.6 Å². The fourth-order valence-electron chi connectivity index (χ4n) is 2.29. The Balaban J connectivity index is 2.15. The Morgan fingerprint density at radius 3 is 2.44 bits per heavy atom. The van der Waals surface area contributed by atoms with Gasteiger partial charge >= 0.3 is 0 Å². The van der Waals surface area contributed by atoms with Gasteiger partial charge in [-0.1, -0.05) is 24.3 Å². The number of sulfone groups is 1. The second-order valence-electron chi connectivity index (χ2n) is 5.64. The highest BCUT2D eigenvalue weighted by Crippen LogP contribution is 2.07. The van der Waals surface area contributed by atoms with E-state index in [1.165, 1.54) is 6.20 Å². The van der Waals surface area contributed by atoms with Gasteiger partial charge in [0.25, 0.3) is 5.91 Å². The minimum Gasteiger partial charge on any atom is -0.341 e. The van der Waals surface area contributed by atoms with E-state index in [0.717, 1.165) is 0 Å². The molecule has 0 radical (unpaired) electrons. The van der Waals surface area contributed by atoms with Gasteiger partial charge in [-0.15, -0.1) is 0 Å². The van der Waals surface area contributed by atoms with Crippen molar-refractivity contribution in [2.45, 2.75) is 11.8 Å². The molecule has 0 unspecified atom stereocenters.